The van der Waals surface area contributed by atoms with Crippen LogP contribution in [0.2, 0.25) is 5.02 Å². The van der Waals surface area contributed by atoms with E-state index in [9.17, 15) is 0 Å². The van der Waals surface area contributed by atoms with E-state index in [4.69, 9.17) is 23.8 Å². The van der Waals surface area contributed by atoms with E-state index in [1.165, 1.54) is 5.56 Å². The highest BCUT2D eigenvalue weighted by atomic mass is 35.5. The van der Waals surface area contributed by atoms with Crippen LogP contribution >= 0.6 is 23.8 Å². The van der Waals surface area contributed by atoms with Gasteiger partial charge in [-0.2, -0.15) is 0 Å². The number of anilines is 1. The molecule has 0 unspecified atom stereocenters. The molecule has 0 spiro atoms. The molecule has 0 aliphatic rings. The number of aromatic nitrogens is 2. The molecule has 4 nitrogen and oxygen atoms in total. The molecular formula is C21H23ClN4S. The average molecular weight is 399 g/mol. The summed E-state index contributed by atoms with van der Waals surface area (Å²) >= 11 is 11.6. The summed E-state index contributed by atoms with van der Waals surface area (Å²) in [6, 6.07) is 15.8. The zero-order valence-electron chi connectivity index (χ0n) is 15.6. The minimum Gasteiger partial charge on any atom is -0.348 e. The van der Waals surface area contributed by atoms with Crippen molar-refractivity contribution in [1.82, 2.24) is 14.9 Å². The maximum absolute atomic E-state index is 6.04. The second-order valence-corrected chi connectivity index (χ2v) is 7.60. The van der Waals surface area contributed by atoms with Gasteiger partial charge in [0.05, 0.1) is 0 Å². The van der Waals surface area contributed by atoms with Crippen molar-refractivity contribution >= 4 is 34.6 Å². The van der Waals surface area contributed by atoms with E-state index < -0.39 is 0 Å². The number of imidazole rings is 1. The first-order chi connectivity index (χ1) is 12.9. The molecule has 0 aliphatic heterocycles. The second kappa shape index (κ2) is 8.55. The van der Waals surface area contributed by atoms with Gasteiger partial charge >= 0.3 is 0 Å². The summed E-state index contributed by atoms with van der Waals surface area (Å²) in [6.45, 7) is 4.36. The van der Waals surface area contributed by atoms with Crippen molar-refractivity contribution in [3.05, 3.63) is 82.9 Å². The van der Waals surface area contributed by atoms with Crippen molar-refractivity contribution in [2.24, 2.45) is 7.05 Å². The number of hydrogen-bond acceptors (Lipinski definition) is 2. The minimum absolute atomic E-state index is 0.183. The summed E-state index contributed by atoms with van der Waals surface area (Å²) in [7, 11) is 1.97. The van der Waals surface area contributed by atoms with Gasteiger partial charge < -0.3 is 15.2 Å². The van der Waals surface area contributed by atoms with E-state index >= 15 is 0 Å². The van der Waals surface area contributed by atoms with Crippen LogP contribution in [0.3, 0.4) is 0 Å². The van der Waals surface area contributed by atoms with E-state index in [0.717, 1.165) is 17.1 Å². The van der Waals surface area contributed by atoms with Crippen LogP contribution in [0, 0.1) is 0 Å². The second-order valence-electron chi connectivity index (χ2n) is 6.76. The van der Waals surface area contributed by atoms with Crippen LogP contribution in [0.5, 0.6) is 0 Å². The maximum Gasteiger partial charge on any atom is 0.171 e. The Hall–Kier alpha value is -2.37. The first kappa shape index (κ1) is 19.4. The van der Waals surface area contributed by atoms with Crippen LogP contribution in [0.25, 0.3) is 0 Å². The Morgan fingerprint density at radius 3 is 2.22 bits per heavy atom. The molecule has 2 aromatic carbocycles. The lowest BCUT2D eigenvalue weighted by Crippen LogP contribution is -2.34. The van der Waals surface area contributed by atoms with Gasteiger partial charge in [-0.15, -0.1) is 0 Å². The topological polar surface area (TPSA) is 41.9 Å². The number of aryl methyl sites for hydroxylation is 1. The molecule has 3 aromatic rings. The number of benzene rings is 2. The summed E-state index contributed by atoms with van der Waals surface area (Å²) in [5.74, 6) is 1.37. The Balaban J connectivity index is 1.78. The molecule has 1 heterocycles. The summed E-state index contributed by atoms with van der Waals surface area (Å²) < 4.78 is 1.98. The lowest BCUT2D eigenvalue weighted by Gasteiger charge is -2.21. The first-order valence-corrected chi connectivity index (χ1v) is 9.63. The smallest absolute Gasteiger partial charge is 0.171 e. The quantitative estimate of drug-likeness (QED) is 0.574. The number of halogens is 1. The highest BCUT2D eigenvalue weighted by molar-refractivity contribution is 7.80. The normalized spacial score (nSPS) is 12.0. The van der Waals surface area contributed by atoms with Gasteiger partial charge in [0.15, 0.2) is 5.11 Å². The third-order valence-corrected chi connectivity index (χ3v) is 4.90. The van der Waals surface area contributed by atoms with Gasteiger partial charge in [-0.05, 0) is 53.5 Å². The molecule has 1 atom stereocenters. The van der Waals surface area contributed by atoms with Gasteiger partial charge in [0.2, 0.25) is 0 Å². The SMILES string of the molecule is CC(C)c1ccc(NC(=S)N[C@H](c2ccc(Cl)cc2)c2nccn2C)cc1. The van der Waals surface area contributed by atoms with Crippen LogP contribution < -0.4 is 10.6 Å². The Labute approximate surface area is 170 Å². The van der Waals surface area contributed by atoms with Gasteiger partial charge in [0.1, 0.15) is 11.9 Å². The fourth-order valence-electron chi connectivity index (χ4n) is 2.86. The molecule has 6 heteroatoms. The maximum atomic E-state index is 6.04. The standard InChI is InChI=1S/C21H23ClN4S/c1-14(2)15-6-10-18(11-7-15)24-21(27)25-19(20-23-12-13-26(20)3)16-4-8-17(22)9-5-16/h4-14,19H,1-3H3,(H2,24,25,27)/t19-/m1/s1. The van der Waals surface area contributed by atoms with Gasteiger partial charge in [-0.25, -0.2) is 4.98 Å². The molecule has 0 bridgehead atoms. The fourth-order valence-corrected chi connectivity index (χ4v) is 3.22. The Morgan fingerprint density at radius 2 is 1.67 bits per heavy atom. The molecule has 2 N–H and O–H groups in total. The molecule has 0 fully saturated rings. The molecule has 0 amide bonds. The largest absolute Gasteiger partial charge is 0.348 e. The molecule has 140 valence electrons. The highest BCUT2D eigenvalue weighted by Crippen LogP contribution is 2.23. The number of nitrogens with one attached hydrogen (secondary N) is 2. The van der Waals surface area contributed by atoms with Crippen molar-refractivity contribution in [2.75, 3.05) is 5.32 Å². The molecule has 3 rings (SSSR count). The molecule has 0 saturated heterocycles. The summed E-state index contributed by atoms with van der Waals surface area (Å²) in [5.41, 5.74) is 3.28. The fraction of sp³-hybridized carbons (Fsp3) is 0.238. The van der Waals surface area contributed by atoms with Crippen molar-refractivity contribution in [1.29, 1.82) is 0 Å². The zero-order chi connectivity index (χ0) is 19.4. The Morgan fingerprint density at radius 1 is 1.04 bits per heavy atom. The van der Waals surface area contributed by atoms with Crippen LogP contribution in [0.15, 0.2) is 60.9 Å². The lowest BCUT2D eigenvalue weighted by molar-refractivity contribution is 0.664. The van der Waals surface area contributed by atoms with Gasteiger partial charge in [-0.3, -0.25) is 0 Å². The molecule has 27 heavy (non-hydrogen) atoms. The third-order valence-electron chi connectivity index (χ3n) is 4.43. The molecule has 0 aliphatic carbocycles. The van der Waals surface area contributed by atoms with Crippen molar-refractivity contribution < 1.29 is 0 Å². The van der Waals surface area contributed by atoms with Gasteiger partial charge in [-0.1, -0.05) is 49.7 Å². The average Bonchev–Trinajstić information content (AvgIpc) is 3.07. The van der Waals surface area contributed by atoms with E-state index in [2.05, 4.69) is 41.6 Å². The van der Waals surface area contributed by atoms with Gasteiger partial charge in [0.25, 0.3) is 0 Å². The molecule has 1 aromatic heterocycles. The number of thiocarbonyl (C=S) groups is 1. The van der Waals surface area contributed by atoms with E-state index in [-0.39, 0.29) is 6.04 Å². The van der Waals surface area contributed by atoms with Crippen molar-refractivity contribution in [3.63, 3.8) is 0 Å². The van der Waals surface area contributed by atoms with E-state index in [0.29, 0.717) is 16.1 Å². The van der Waals surface area contributed by atoms with Gasteiger partial charge in [0, 0.05) is 30.2 Å². The molecular weight excluding hydrogens is 376 g/mol. The summed E-state index contributed by atoms with van der Waals surface area (Å²) in [5, 5.41) is 7.87. The number of rotatable bonds is 5. The predicted octanol–water partition coefficient (Wildman–Crippen LogP) is 5.27. The van der Waals surface area contributed by atoms with E-state index in [1.54, 1.807) is 6.20 Å². The monoisotopic (exact) mass is 398 g/mol. The Bertz CT molecular complexity index is 901. The molecule has 0 saturated carbocycles. The summed E-state index contributed by atoms with van der Waals surface area (Å²) in [4.78, 5) is 4.49. The van der Waals surface area contributed by atoms with Crippen LogP contribution in [0.4, 0.5) is 5.69 Å². The Kier molecular flexibility index (Phi) is 6.14. The van der Waals surface area contributed by atoms with Crippen LogP contribution in [0.1, 0.15) is 42.8 Å². The zero-order valence-corrected chi connectivity index (χ0v) is 17.2. The lowest BCUT2D eigenvalue weighted by atomic mass is 10.0. The predicted molar refractivity (Wildman–Crippen MR) is 116 cm³/mol. The third kappa shape index (κ3) is 4.87. The summed E-state index contributed by atoms with van der Waals surface area (Å²) in [6.07, 6.45) is 3.70. The van der Waals surface area contributed by atoms with Crippen LogP contribution in [-0.4, -0.2) is 14.7 Å². The van der Waals surface area contributed by atoms with Crippen LogP contribution in [-0.2, 0) is 7.05 Å². The van der Waals surface area contributed by atoms with Crippen molar-refractivity contribution in [3.8, 4) is 0 Å². The van der Waals surface area contributed by atoms with E-state index in [1.807, 2.05) is 54.2 Å². The highest BCUT2D eigenvalue weighted by Gasteiger charge is 2.19. The molecule has 0 radical (unpaired) electrons. The minimum atomic E-state index is -0.183. The van der Waals surface area contributed by atoms with Crippen molar-refractivity contribution in [2.45, 2.75) is 25.8 Å². The number of nitrogens with zero attached hydrogens (tertiary/aromatic N) is 2. The number of hydrogen-bond donors (Lipinski definition) is 2. The first-order valence-electron chi connectivity index (χ1n) is 8.84.